The molecule has 2 atom stereocenters. The van der Waals surface area contributed by atoms with Gasteiger partial charge in [-0.15, -0.1) is 0 Å². The van der Waals surface area contributed by atoms with Crippen molar-refractivity contribution in [2.45, 2.75) is 25.2 Å². The van der Waals surface area contributed by atoms with Crippen molar-refractivity contribution in [2.75, 3.05) is 11.5 Å². The van der Waals surface area contributed by atoms with Crippen molar-refractivity contribution in [3.05, 3.63) is 23.2 Å². The minimum absolute atomic E-state index is 0.434. The predicted molar refractivity (Wildman–Crippen MR) is 66.6 cm³/mol. The molecule has 4 heteroatoms. The minimum atomic E-state index is -1.04. The molecule has 0 amide bonds. The fourth-order valence-corrected chi connectivity index (χ4v) is 2.93. The van der Waals surface area contributed by atoms with Gasteiger partial charge in [-0.3, -0.25) is 4.21 Å². The van der Waals surface area contributed by atoms with Crippen LogP contribution in [0.25, 0.3) is 0 Å². The molecule has 0 aliphatic heterocycles. The zero-order chi connectivity index (χ0) is 11.4. The smallest absolute Gasteiger partial charge is 0.0632 e. The Balaban J connectivity index is 2.86. The van der Waals surface area contributed by atoms with Crippen molar-refractivity contribution in [3.63, 3.8) is 0 Å². The van der Waals surface area contributed by atoms with Crippen LogP contribution in [0.2, 0.25) is 5.02 Å². The quantitative estimate of drug-likeness (QED) is 0.829. The largest absolute Gasteiger partial charge is 0.398 e. The molecule has 0 heterocycles. The summed E-state index contributed by atoms with van der Waals surface area (Å²) in [5.41, 5.74) is 6.31. The predicted octanol–water partition coefficient (Wildman–Crippen LogP) is 3.08. The van der Waals surface area contributed by atoms with Gasteiger partial charge in [0.15, 0.2) is 0 Å². The van der Waals surface area contributed by atoms with Gasteiger partial charge >= 0.3 is 0 Å². The minimum Gasteiger partial charge on any atom is -0.398 e. The van der Waals surface area contributed by atoms with Gasteiger partial charge < -0.3 is 5.73 Å². The van der Waals surface area contributed by atoms with Crippen LogP contribution in [0.5, 0.6) is 0 Å². The number of hydrogen-bond donors (Lipinski definition) is 1. The van der Waals surface area contributed by atoms with Crippen LogP contribution in [-0.2, 0) is 10.8 Å². The summed E-state index contributed by atoms with van der Waals surface area (Å²) in [6.07, 6.45) is 1.02. The second-order valence-corrected chi connectivity index (χ2v) is 5.61. The van der Waals surface area contributed by atoms with E-state index in [-0.39, 0.29) is 0 Å². The maximum absolute atomic E-state index is 12.0. The third kappa shape index (κ3) is 3.50. The first-order valence-electron chi connectivity index (χ1n) is 4.98. The second kappa shape index (κ2) is 5.52. The van der Waals surface area contributed by atoms with Crippen LogP contribution in [0.1, 0.15) is 20.3 Å². The Morgan fingerprint density at radius 1 is 1.53 bits per heavy atom. The lowest BCUT2D eigenvalue weighted by Crippen LogP contribution is -2.08. The Bertz CT molecular complexity index is 368. The van der Waals surface area contributed by atoms with E-state index < -0.39 is 10.8 Å². The summed E-state index contributed by atoms with van der Waals surface area (Å²) in [6, 6.07) is 5.10. The van der Waals surface area contributed by atoms with Crippen molar-refractivity contribution >= 4 is 28.1 Å². The van der Waals surface area contributed by atoms with Crippen molar-refractivity contribution in [1.82, 2.24) is 0 Å². The van der Waals surface area contributed by atoms with Gasteiger partial charge in [-0.25, -0.2) is 0 Å². The van der Waals surface area contributed by atoms with E-state index in [9.17, 15) is 4.21 Å². The molecule has 0 spiro atoms. The van der Waals surface area contributed by atoms with E-state index in [1.807, 2.05) is 0 Å². The molecular weight excluding hydrogens is 230 g/mol. The first kappa shape index (κ1) is 12.5. The summed E-state index contributed by atoms with van der Waals surface area (Å²) in [6.45, 7) is 4.17. The lowest BCUT2D eigenvalue weighted by molar-refractivity contribution is 0.616. The molecule has 84 valence electrons. The second-order valence-electron chi connectivity index (χ2n) is 3.71. The number of nitrogens with two attached hydrogens (primary N) is 1. The normalized spacial score (nSPS) is 14.9. The molecule has 15 heavy (non-hydrogen) atoms. The van der Waals surface area contributed by atoms with Crippen molar-refractivity contribution in [1.29, 1.82) is 0 Å². The van der Waals surface area contributed by atoms with Gasteiger partial charge in [-0.2, -0.15) is 0 Å². The number of hydrogen-bond acceptors (Lipinski definition) is 2. The molecule has 2 N–H and O–H groups in total. The van der Waals surface area contributed by atoms with Gasteiger partial charge in [0.25, 0.3) is 0 Å². The maximum Gasteiger partial charge on any atom is 0.0632 e. The van der Waals surface area contributed by atoms with Crippen LogP contribution in [-0.4, -0.2) is 9.96 Å². The summed E-state index contributed by atoms with van der Waals surface area (Å²) < 4.78 is 12.0. The number of nitrogen functional groups attached to an aromatic ring is 1. The molecule has 0 fully saturated rings. The van der Waals surface area contributed by atoms with E-state index in [0.29, 0.717) is 27.3 Å². The number of halogens is 1. The Morgan fingerprint density at radius 3 is 2.80 bits per heavy atom. The van der Waals surface area contributed by atoms with E-state index >= 15 is 0 Å². The Labute approximate surface area is 98.3 Å². The Hall–Kier alpha value is -0.540. The number of benzene rings is 1. The molecule has 0 saturated heterocycles. The van der Waals surface area contributed by atoms with Crippen LogP contribution in [0.4, 0.5) is 5.69 Å². The standard InChI is InChI=1S/C11H16ClNOS/c1-3-8(2)7-15(14)11-6-9(12)4-5-10(11)13/h4-6,8H,3,7,13H2,1-2H3. The van der Waals surface area contributed by atoms with Crippen LogP contribution in [0.15, 0.2) is 23.1 Å². The van der Waals surface area contributed by atoms with E-state index in [1.54, 1.807) is 18.2 Å². The lowest BCUT2D eigenvalue weighted by atomic mass is 10.2. The molecule has 0 saturated carbocycles. The number of anilines is 1. The summed E-state index contributed by atoms with van der Waals surface area (Å²) >= 11 is 5.84. The molecule has 0 bridgehead atoms. The molecule has 0 aromatic heterocycles. The van der Waals surface area contributed by atoms with E-state index in [2.05, 4.69) is 13.8 Å². The topological polar surface area (TPSA) is 43.1 Å². The van der Waals surface area contributed by atoms with Crippen molar-refractivity contribution in [2.24, 2.45) is 5.92 Å². The average Bonchev–Trinajstić information content (AvgIpc) is 2.21. The van der Waals surface area contributed by atoms with Crippen LogP contribution >= 0.6 is 11.6 Å². The first-order valence-corrected chi connectivity index (χ1v) is 6.67. The molecule has 2 nitrogen and oxygen atoms in total. The third-order valence-corrected chi connectivity index (χ3v) is 4.30. The van der Waals surface area contributed by atoms with Gasteiger partial charge in [-0.1, -0.05) is 31.9 Å². The van der Waals surface area contributed by atoms with E-state index in [1.165, 1.54) is 0 Å². The Morgan fingerprint density at radius 2 is 2.20 bits per heavy atom. The highest BCUT2D eigenvalue weighted by Gasteiger charge is 2.11. The van der Waals surface area contributed by atoms with Crippen molar-refractivity contribution < 1.29 is 4.21 Å². The number of rotatable bonds is 4. The van der Waals surface area contributed by atoms with Gasteiger partial charge in [0.1, 0.15) is 0 Å². The molecule has 0 aliphatic carbocycles. The molecule has 2 unspecified atom stereocenters. The first-order chi connectivity index (χ1) is 7.04. The molecule has 0 radical (unpaired) electrons. The fourth-order valence-electron chi connectivity index (χ4n) is 1.17. The Kier molecular flexibility index (Phi) is 4.61. The fraction of sp³-hybridized carbons (Fsp3) is 0.455. The third-order valence-electron chi connectivity index (χ3n) is 2.35. The molecule has 1 aromatic rings. The van der Waals surface area contributed by atoms with Gasteiger partial charge in [0.2, 0.25) is 0 Å². The maximum atomic E-state index is 12.0. The highest BCUT2D eigenvalue weighted by molar-refractivity contribution is 7.85. The molecule has 0 aliphatic rings. The average molecular weight is 246 g/mol. The summed E-state index contributed by atoms with van der Waals surface area (Å²) in [5.74, 6) is 1.07. The highest BCUT2D eigenvalue weighted by Crippen LogP contribution is 2.22. The van der Waals surface area contributed by atoms with Gasteiger partial charge in [0, 0.05) is 16.5 Å². The molecule has 1 rings (SSSR count). The molecular formula is C11H16ClNOS. The zero-order valence-electron chi connectivity index (χ0n) is 9.00. The monoisotopic (exact) mass is 245 g/mol. The van der Waals surface area contributed by atoms with Gasteiger partial charge in [-0.05, 0) is 24.1 Å². The van der Waals surface area contributed by atoms with Crippen LogP contribution < -0.4 is 5.73 Å². The highest BCUT2D eigenvalue weighted by atomic mass is 35.5. The SMILES string of the molecule is CCC(C)CS(=O)c1cc(Cl)ccc1N. The zero-order valence-corrected chi connectivity index (χ0v) is 10.6. The summed E-state index contributed by atoms with van der Waals surface area (Å²) in [4.78, 5) is 0.655. The van der Waals surface area contributed by atoms with Gasteiger partial charge in [0.05, 0.1) is 15.7 Å². The van der Waals surface area contributed by atoms with Crippen LogP contribution in [0.3, 0.4) is 0 Å². The lowest BCUT2D eigenvalue weighted by Gasteiger charge is -2.10. The molecule has 1 aromatic carbocycles. The summed E-state index contributed by atoms with van der Waals surface area (Å²) in [7, 11) is -1.04. The van der Waals surface area contributed by atoms with Crippen molar-refractivity contribution in [3.8, 4) is 0 Å². The van der Waals surface area contributed by atoms with E-state index in [4.69, 9.17) is 17.3 Å². The van der Waals surface area contributed by atoms with Crippen LogP contribution in [0, 0.1) is 5.92 Å². The van der Waals surface area contributed by atoms with E-state index in [0.717, 1.165) is 6.42 Å². The summed E-state index contributed by atoms with van der Waals surface area (Å²) in [5, 5.41) is 0.580.